The predicted molar refractivity (Wildman–Crippen MR) is 74.6 cm³/mol. The molecule has 116 valence electrons. The zero-order valence-electron chi connectivity index (χ0n) is 11.2. The second kappa shape index (κ2) is 6.61. The van der Waals surface area contributed by atoms with E-state index in [0.29, 0.717) is 12.5 Å². The molecule has 0 unspecified atom stereocenters. The third-order valence-corrected chi connectivity index (χ3v) is 3.57. The zero-order valence-corrected chi connectivity index (χ0v) is 12.0. The first-order valence-electron chi connectivity index (χ1n) is 5.92. The summed E-state index contributed by atoms with van der Waals surface area (Å²) in [6.45, 7) is 1.62. The second-order valence-electron chi connectivity index (χ2n) is 4.20. The molecule has 0 aliphatic rings. The van der Waals surface area contributed by atoms with E-state index in [4.69, 9.17) is 5.73 Å². The standard InChI is InChI=1S/C11H15N3O6S/c1-8(15)13(6-2-5-12)10-4-3-9(14(16)17)7-11(10)21(18,19)20/h3-4,7H,2,5-6,12H2,1H3,(H,18,19,20). The molecule has 0 bridgehead atoms. The number of hydrogen-bond acceptors (Lipinski definition) is 6. The average Bonchev–Trinajstić information content (AvgIpc) is 2.37. The molecule has 10 heteroatoms. The first-order valence-corrected chi connectivity index (χ1v) is 7.36. The zero-order chi connectivity index (χ0) is 16.2. The summed E-state index contributed by atoms with van der Waals surface area (Å²) < 4.78 is 32.0. The number of anilines is 1. The lowest BCUT2D eigenvalue weighted by Crippen LogP contribution is -2.32. The van der Waals surface area contributed by atoms with Crippen molar-refractivity contribution >= 4 is 27.4 Å². The van der Waals surface area contributed by atoms with E-state index >= 15 is 0 Å². The number of amides is 1. The number of nitro groups is 1. The molecule has 1 amide bonds. The van der Waals surface area contributed by atoms with Gasteiger partial charge in [0.25, 0.3) is 15.8 Å². The highest BCUT2D eigenvalue weighted by Gasteiger charge is 2.25. The smallest absolute Gasteiger partial charge is 0.296 e. The van der Waals surface area contributed by atoms with Crippen LogP contribution in [0.4, 0.5) is 11.4 Å². The fraction of sp³-hybridized carbons (Fsp3) is 0.364. The van der Waals surface area contributed by atoms with Crippen LogP contribution >= 0.6 is 0 Å². The number of nitro benzene ring substituents is 1. The van der Waals surface area contributed by atoms with E-state index in [2.05, 4.69) is 0 Å². The minimum absolute atomic E-state index is 0.121. The van der Waals surface area contributed by atoms with Crippen LogP contribution in [0.15, 0.2) is 23.1 Å². The fourth-order valence-electron chi connectivity index (χ4n) is 1.74. The van der Waals surface area contributed by atoms with E-state index in [-0.39, 0.29) is 18.8 Å². The van der Waals surface area contributed by atoms with Gasteiger partial charge in [0, 0.05) is 25.6 Å². The van der Waals surface area contributed by atoms with Gasteiger partial charge in [-0.3, -0.25) is 19.5 Å². The SMILES string of the molecule is CC(=O)N(CCCN)c1ccc([N+](=O)[O-])cc1S(=O)(=O)O. The molecule has 0 aliphatic carbocycles. The van der Waals surface area contributed by atoms with E-state index in [1.807, 2.05) is 0 Å². The molecule has 1 aromatic carbocycles. The number of non-ortho nitro benzene ring substituents is 1. The Morgan fingerprint density at radius 3 is 2.52 bits per heavy atom. The molecule has 21 heavy (non-hydrogen) atoms. The molecular formula is C11H15N3O6S. The number of benzene rings is 1. The lowest BCUT2D eigenvalue weighted by molar-refractivity contribution is -0.385. The maximum atomic E-state index is 11.6. The number of nitrogens with two attached hydrogens (primary N) is 1. The Bertz CT molecular complexity index is 658. The fourth-order valence-corrected chi connectivity index (χ4v) is 2.46. The van der Waals surface area contributed by atoms with Crippen molar-refractivity contribution in [3.05, 3.63) is 28.3 Å². The molecule has 0 saturated heterocycles. The summed E-state index contributed by atoms with van der Waals surface area (Å²) in [5.74, 6) is -0.470. The second-order valence-corrected chi connectivity index (χ2v) is 5.59. The van der Waals surface area contributed by atoms with Crippen LogP contribution < -0.4 is 10.6 Å². The number of rotatable bonds is 6. The van der Waals surface area contributed by atoms with E-state index in [1.165, 1.54) is 6.92 Å². The monoisotopic (exact) mass is 317 g/mol. The van der Waals surface area contributed by atoms with Gasteiger partial charge in [-0.15, -0.1) is 0 Å². The van der Waals surface area contributed by atoms with Crippen LogP contribution in [0.3, 0.4) is 0 Å². The summed E-state index contributed by atoms with van der Waals surface area (Å²) in [6.07, 6.45) is 0.404. The van der Waals surface area contributed by atoms with Gasteiger partial charge in [0.15, 0.2) is 0 Å². The van der Waals surface area contributed by atoms with Gasteiger partial charge in [-0.1, -0.05) is 0 Å². The minimum Gasteiger partial charge on any atom is -0.330 e. The molecule has 0 aliphatic heterocycles. The molecule has 0 fully saturated rings. The third kappa shape index (κ3) is 4.21. The van der Waals surface area contributed by atoms with E-state index in [0.717, 1.165) is 17.0 Å². The largest absolute Gasteiger partial charge is 0.330 e. The van der Waals surface area contributed by atoms with Crippen molar-refractivity contribution < 1.29 is 22.7 Å². The van der Waals surface area contributed by atoms with Crippen molar-refractivity contribution in [1.82, 2.24) is 0 Å². The normalized spacial score (nSPS) is 11.2. The van der Waals surface area contributed by atoms with Gasteiger partial charge in [-0.25, -0.2) is 0 Å². The lowest BCUT2D eigenvalue weighted by atomic mass is 10.2. The molecule has 0 saturated carbocycles. The van der Waals surface area contributed by atoms with Gasteiger partial charge in [-0.2, -0.15) is 8.42 Å². The van der Waals surface area contributed by atoms with Gasteiger partial charge >= 0.3 is 0 Å². The predicted octanol–water partition coefficient (Wildman–Crippen LogP) is 0.543. The number of nitrogens with zero attached hydrogens (tertiary/aromatic N) is 2. The van der Waals surface area contributed by atoms with Crippen LogP contribution in [0.2, 0.25) is 0 Å². The summed E-state index contributed by atoms with van der Waals surface area (Å²) in [6, 6.07) is 2.88. The number of carbonyl (C=O) groups is 1. The number of carbonyl (C=O) groups excluding carboxylic acids is 1. The Morgan fingerprint density at radius 1 is 1.48 bits per heavy atom. The molecule has 0 spiro atoms. The Morgan fingerprint density at radius 2 is 2.10 bits per heavy atom. The van der Waals surface area contributed by atoms with E-state index < -0.39 is 31.5 Å². The minimum atomic E-state index is -4.72. The Balaban J connectivity index is 3.46. The summed E-state index contributed by atoms with van der Waals surface area (Å²) >= 11 is 0. The lowest BCUT2D eigenvalue weighted by Gasteiger charge is -2.22. The van der Waals surface area contributed by atoms with Crippen LogP contribution in [0, 0.1) is 10.1 Å². The number of hydrogen-bond donors (Lipinski definition) is 2. The van der Waals surface area contributed by atoms with Crippen LogP contribution in [0.25, 0.3) is 0 Å². The molecule has 0 radical (unpaired) electrons. The molecule has 0 aromatic heterocycles. The summed E-state index contributed by atoms with van der Waals surface area (Å²) in [7, 11) is -4.72. The van der Waals surface area contributed by atoms with Crippen LogP contribution in [-0.2, 0) is 14.9 Å². The van der Waals surface area contributed by atoms with Gasteiger partial charge in [-0.05, 0) is 19.0 Å². The first-order chi connectivity index (χ1) is 9.68. The maximum absolute atomic E-state index is 11.6. The van der Waals surface area contributed by atoms with Gasteiger partial charge in [0.2, 0.25) is 5.91 Å². The highest BCUT2D eigenvalue weighted by molar-refractivity contribution is 7.86. The van der Waals surface area contributed by atoms with Gasteiger partial charge in [0.05, 0.1) is 10.6 Å². The topological polar surface area (TPSA) is 144 Å². The molecule has 9 nitrogen and oxygen atoms in total. The van der Waals surface area contributed by atoms with Crippen LogP contribution in [0.1, 0.15) is 13.3 Å². The molecule has 1 aromatic rings. The maximum Gasteiger partial charge on any atom is 0.296 e. The van der Waals surface area contributed by atoms with Crippen molar-refractivity contribution in [2.24, 2.45) is 5.73 Å². The molecule has 3 N–H and O–H groups in total. The summed E-state index contributed by atoms with van der Waals surface area (Å²) in [5, 5.41) is 10.7. The molecule has 0 atom stereocenters. The van der Waals surface area contributed by atoms with Crippen molar-refractivity contribution in [2.45, 2.75) is 18.2 Å². The first kappa shape index (κ1) is 17.0. The van der Waals surface area contributed by atoms with Gasteiger partial charge < -0.3 is 10.6 Å². The molecule has 0 heterocycles. The highest BCUT2D eigenvalue weighted by Crippen LogP contribution is 2.29. The van der Waals surface area contributed by atoms with Crippen molar-refractivity contribution in [1.29, 1.82) is 0 Å². The Labute approximate surface area is 121 Å². The van der Waals surface area contributed by atoms with Crippen molar-refractivity contribution in [3.8, 4) is 0 Å². The summed E-state index contributed by atoms with van der Waals surface area (Å²) in [4.78, 5) is 21.9. The van der Waals surface area contributed by atoms with Crippen molar-refractivity contribution in [2.75, 3.05) is 18.0 Å². The van der Waals surface area contributed by atoms with Crippen LogP contribution in [0.5, 0.6) is 0 Å². The molecule has 1 rings (SSSR count). The average molecular weight is 317 g/mol. The van der Waals surface area contributed by atoms with Gasteiger partial charge in [0.1, 0.15) is 4.90 Å². The third-order valence-electron chi connectivity index (χ3n) is 2.69. The Hall–Kier alpha value is -2.04. The quantitative estimate of drug-likeness (QED) is 0.442. The van der Waals surface area contributed by atoms with Crippen molar-refractivity contribution in [3.63, 3.8) is 0 Å². The summed E-state index contributed by atoms with van der Waals surface area (Å²) in [5.41, 5.74) is 4.72. The Kier molecular flexibility index (Phi) is 5.35. The van der Waals surface area contributed by atoms with E-state index in [1.54, 1.807) is 0 Å². The molecular weight excluding hydrogens is 302 g/mol. The highest BCUT2D eigenvalue weighted by atomic mass is 32.2. The van der Waals surface area contributed by atoms with Crippen LogP contribution in [-0.4, -0.2) is 36.9 Å². The van der Waals surface area contributed by atoms with E-state index in [9.17, 15) is 27.9 Å².